The lowest BCUT2D eigenvalue weighted by Crippen LogP contribution is -2.47. The molecule has 0 fully saturated rings. The van der Waals surface area contributed by atoms with Crippen LogP contribution in [-0.4, -0.2) is 48.8 Å². The third kappa shape index (κ3) is 3.48. The van der Waals surface area contributed by atoms with Crippen molar-refractivity contribution < 1.29 is 28.9 Å². The molecule has 2 aliphatic heterocycles. The van der Waals surface area contributed by atoms with Crippen molar-refractivity contribution in [2.24, 2.45) is 0 Å². The Balaban J connectivity index is 1.66. The van der Waals surface area contributed by atoms with Gasteiger partial charge in [-0.3, -0.25) is 9.59 Å². The van der Waals surface area contributed by atoms with Crippen LogP contribution in [0.25, 0.3) is 0 Å². The zero-order valence-corrected chi connectivity index (χ0v) is 16.4. The number of para-hydroxylation sites is 1. The number of fused-ring (bicyclic) bond motifs is 2. The molecule has 0 spiro atoms. The number of ether oxygens (including phenoxy) is 3. The van der Waals surface area contributed by atoms with Crippen LogP contribution in [0.2, 0.25) is 0 Å². The molecule has 0 bridgehead atoms. The first kappa shape index (κ1) is 19.1. The van der Waals surface area contributed by atoms with Crippen LogP contribution >= 0.6 is 0 Å². The number of carboxylic acid groups (broad SMARTS) is 1. The maximum absolute atomic E-state index is 13.3. The lowest BCUT2D eigenvalue weighted by molar-refractivity contribution is -0.144. The van der Waals surface area contributed by atoms with E-state index in [0.29, 0.717) is 36.6 Å². The molecule has 152 valence electrons. The van der Waals surface area contributed by atoms with E-state index in [2.05, 4.69) is 0 Å². The number of hydrogen-bond acceptors (Lipinski definition) is 5. The molecular formula is C22H23NO6. The molecule has 1 N–H and O–H groups in total. The van der Waals surface area contributed by atoms with Gasteiger partial charge in [0.05, 0.1) is 26.7 Å². The van der Waals surface area contributed by atoms with Gasteiger partial charge >= 0.3 is 5.97 Å². The van der Waals surface area contributed by atoms with E-state index < -0.39 is 18.1 Å². The van der Waals surface area contributed by atoms with Gasteiger partial charge in [-0.25, -0.2) is 0 Å². The van der Waals surface area contributed by atoms with Gasteiger partial charge in [0.2, 0.25) is 0 Å². The molecular weight excluding hydrogens is 374 g/mol. The zero-order valence-electron chi connectivity index (χ0n) is 16.4. The summed E-state index contributed by atoms with van der Waals surface area (Å²) < 4.78 is 16.6. The van der Waals surface area contributed by atoms with Crippen LogP contribution in [0.4, 0.5) is 0 Å². The molecule has 2 aromatic carbocycles. The van der Waals surface area contributed by atoms with Gasteiger partial charge < -0.3 is 24.2 Å². The van der Waals surface area contributed by atoms with E-state index in [-0.39, 0.29) is 12.3 Å². The van der Waals surface area contributed by atoms with Crippen LogP contribution in [0, 0.1) is 0 Å². The molecule has 7 heteroatoms. The van der Waals surface area contributed by atoms with Crippen molar-refractivity contribution in [3.8, 4) is 17.2 Å². The lowest BCUT2D eigenvalue weighted by atomic mass is 9.89. The molecule has 4 rings (SSSR count). The number of hydrogen-bond donors (Lipinski definition) is 1. The zero-order chi connectivity index (χ0) is 20.5. The molecule has 2 aromatic rings. The molecule has 0 unspecified atom stereocenters. The Morgan fingerprint density at radius 3 is 2.55 bits per heavy atom. The Hall–Kier alpha value is -3.22. The minimum Gasteiger partial charge on any atom is -0.493 e. The fourth-order valence-electron chi connectivity index (χ4n) is 4.18. The number of rotatable bonds is 5. The Bertz CT molecular complexity index is 931. The van der Waals surface area contributed by atoms with E-state index in [1.54, 1.807) is 18.1 Å². The minimum absolute atomic E-state index is 0.187. The molecule has 2 atom stereocenters. The summed E-state index contributed by atoms with van der Waals surface area (Å²) in [6.07, 6.45) is 0.278. The van der Waals surface area contributed by atoms with E-state index in [0.717, 1.165) is 16.7 Å². The fraction of sp³-hybridized carbons (Fsp3) is 0.364. The predicted octanol–water partition coefficient (Wildman–Crippen LogP) is 2.61. The highest BCUT2D eigenvalue weighted by Crippen LogP contribution is 2.40. The number of benzene rings is 2. The van der Waals surface area contributed by atoms with Gasteiger partial charge in [-0.1, -0.05) is 18.2 Å². The monoisotopic (exact) mass is 397 g/mol. The highest BCUT2D eigenvalue weighted by molar-refractivity contribution is 5.84. The Labute approximate surface area is 168 Å². The van der Waals surface area contributed by atoms with Gasteiger partial charge in [-0.2, -0.15) is 0 Å². The summed E-state index contributed by atoms with van der Waals surface area (Å²) in [5.74, 6) is 0.665. The standard InChI is InChI=1S/C22H23NO6/c1-27-18-9-13-7-8-23(16(12-21(24)25)15(13)11-19(18)28-2)22(26)20-10-14-5-3-4-6-17(14)29-20/h3-6,9,11,16,20H,7-8,10,12H2,1-2H3,(H,24,25)/t16-,20-/m0/s1. The number of carbonyl (C=O) groups excluding carboxylic acids is 1. The number of carbonyl (C=O) groups is 2. The Kier molecular flexibility index (Phi) is 5.05. The van der Waals surface area contributed by atoms with Crippen molar-refractivity contribution in [2.45, 2.75) is 31.4 Å². The van der Waals surface area contributed by atoms with Crippen molar-refractivity contribution in [1.29, 1.82) is 0 Å². The average molecular weight is 397 g/mol. The summed E-state index contributed by atoms with van der Waals surface area (Å²) in [6.45, 7) is 0.426. The van der Waals surface area contributed by atoms with Gasteiger partial charge in [0.25, 0.3) is 5.91 Å². The van der Waals surface area contributed by atoms with E-state index in [1.807, 2.05) is 30.3 Å². The third-order valence-electron chi connectivity index (χ3n) is 5.58. The van der Waals surface area contributed by atoms with E-state index in [1.165, 1.54) is 7.11 Å². The third-order valence-corrected chi connectivity index (χ3v) is 5.58. The number of methoxy groups -OCH3 is 2. The first-order valence-electron chi connectivity index (χ1n) is 9.53. The Morgan fingerprint density at radius 2 is 1.86 bits per heavy atom. The van der Waals surface area contributed by atoms with E-state index in [9.17, 15) is 14.7 Å². The lowest BCUT2D eigenvalue weighted by Gasteiger charge is -2.38. The van der Waals surface area contributed by atoms with Crippen molar-refractivity contribution in [2.75, 3.05) is 20.8 Å². The molecule has 1 amide bonds. The summed E-state index contributed by atoms with van der Waals surface area (Å²) in [7, 11) is 3.10. The summed E-state index contributed by atoms with van der Waals surface area (Å²) in [5, 5.41) is 9.50. The molecule has 0 radical (unpaired) electrons. The largest absolute Gasteiger partial charge is 0.493 e. The minimum atomic E-state index is -0.967. The van der Waals surface area contributed by atoms with Crippen molar-refractivity contribution >= 4 is 11.9 Å². The summed E-state index contributed by atoms with van der Waals surface area (Å²) >= 11 is 0. The van der Waals surface area contributed by atoms with Crippen LogP contribution in [0.1, 0.15) is 29.2 Å². The molecule has 2 aliphatic rings. The summed E-state index contributed by atoms with van der Waals surface area (Å²) in [4.78, 5) is 26.5. The first-order valence-corrected chi connectivity index (χ1v) is 9.53. The normalized spacial score (nSPS) is 19.7. The van der Waals surface area contributed by atoms with Gasteiger partial charge in [-0.15, -0.1) is 0 Å². The molecule has 0 saturated heterocycles. The van der Waals surface area contributed by atoms with E-state index in [4.69, 9.17) is 14.2 Å². The van der Waals surface area contributed by atoms with Crippen molar-refractivity contribution in [1.82, 2.24) is 4.90 Å². The van der Waals surface area contributed by atoms with Gasteiger partial charge in [0, 0.05) is 13.0 Å². The van der Waals surface area contributed by atoms with Crippen LogP contribution < -0.4 is 14.2 Å². The highest BCUT2D eigenvalue weighted by atomic mass is 16.5. The Morgan fingerprint density at radius 1 is 1.14 bits per heavy atom. The van der Waals surface area contributed by atoms with Gasteiger partial charge in [0.15, 0.2) is 17.6 Å². The molecule has 0 aromatic heterocycles. The summed E-state index contributed by atoms with van der Waals surface area (Å²) in [5.41, 5.74) is 2.73. The molecule has 0 aliphatic carbocycles. The smallest absolute Gasteiger partial charge is 0.305 e. The SMILES string of the molecule is COc1cc2c(cc1OC)[C@H](CC(=O)O)N(C(=O)[C@@H]1Cc3ccccc3O1)CC2. The maximum Gasteiger partial charge on any atom is 0.305 e. The molecule has 2 heterocycles. The quantitative estimate of drug-likeness (QED) is 0.835. The van der Waals surface area contributed by atoms with Crippen LogP contribution in [0.15, 0.2) is 36.4 Å². The predicted molar refractivity (Wildman–Crippen MR) is 105 cm³/mol. The number of carboxylic acids is 1. The van der Waals surface area contributed by atoms with Gasteiger partial charge in [-0.05, 0) is 41.3 Å². The fourth-order valence-corrected chi connectivity index (χ4v) is 4.18. The van der Waals surface area contributed by atoms with E-state index >= 15 is 0 Å². The second-order valence-electron chi connectivity index (χ2n) is 7.22. The molecule has 29 heavy (non-hydrogen) atoms. The molecule has 0 saturated carbocycles. The van der Waals surface area contributed by atoms with Crippen molar-refractivity contribution in [3.63, 3.8) is 0 Å². The summed E-state index contributed by atoms with van der Waals surface area (Å²) in [6, 6.07) is 10.6. The second kappa shape index (κ2) is 7.66. The first-order chi connectivity index (χ1) is 14.0. The molecule has 7 nitrogen and oxygen atoms in total. The topological polar surface area (TPSA) is 85.3 Å². The van der Waals surface area contributed by atoms with Crippen LogP contribution in [0.5, 0.6) is 17.2 Å². The average Bonchev–Trinajstić information content (AvgIpc) is 3.16. The highest BCUT2D eigenvalue weighted by Gasteiger charge is 2.39. The van der Waals surface area contributed by atoms with Crippen LogP contribution in [0.3, 0.4) is 0 Å². The number of aliphatic carboxylic acids is 1. The second-order valence-corrected chi connectivity index (χ2v) is 7.22. The number of nitrogens with zero attached hydrogens (tertiary/aromatic N) is 1. The van der Waals surface area contributed by atoms with Gasteiger partial charge in [0.1, 0.15) is 5.75 Å². The van der Waals surface area contributed by atoms with Crippen molar-refractivity contribution in [3.05, 3.63) is 53.1 Å². The van der Waals surface area contributed by atoms with Crippen LogP contribution in [-0.2, 0) is 22.4 Å². The maximum atomic E-state index is 13.3. The number of amides is 1.